The van der Waals surface area contributed by atoms with Gasteiger partial charge in [-0.3, -0.25) is 14.4 Å². The van der Waals surface area contributed by atoms with E-state index in [1.165, 1.54) is 116 Å². The van der Waals surface area contributed by atoms with Crippen molar-refractivity contribution in [1.29, 1.82) is 0 Å². The maximum Gasteiger partial charge on any atom is 0.306 e. The van der Waals surface area contributed by atoms with E-state index in [0.717, 1.165) is 58.3 Å². The van der Waals surface area contributed by atoms with Gasteiger partial charge in [0.2, 0.25) is 0 Å². The first kappa shape index (κ1) is 64.2. The molecular weight excluding hydrogens is 849 g/mol. The van der Waals surface area contributed by atoms with Crippen LogP contribution < -0.4 is 0 Å². The maximum absolute atomic E-state index is 14.1. The second-order valence-electron chi connectivity index (χ2n) is 19.0. The third-order valence-electron chi connectivity index (χ3n) is 13.0. The number of esters is 2. The Morgan fingerprint density at radius 3 is 1.11 bits per heavy atom. The number of ketones is 1. The predicted octanol–water partition coefficient (Wildman–Crippen LogP) is 8.24. The van der Waals surface area contributed by atoms with Crippen LogP contribution in [0.5, 0.6) is 0 Å². The highest BCUT2D eigenvalue weighted by molar-refractivity contribution is 5.88. The lowest BCUT2D eigenvalue weighted by Crippen LogP contribution is -2.73. The molecule has 0 spiro atoms. The zero-order valence-corrected chi connectivity index (χ0v) is 42.0. The van der Waals surface area contributed by atoms with Gasteiger partial charge in [0.25, 0.3) is 0 Å². The summed E-state index contributed by atoms with van der Waals surface area (Å²) >= 11 is 0. The molecule has 0 aliphatic heterocycles. The average molecular weight is 949 g/mol. The number of hydrogen-bond donors (Lipinski definition) is 8. The van der Waals surface area contributed by atoms with Crippen molar-refractivity contribution in [1.82, 2.24) is 0 Å². The minimum absolute atomic E-state index is 0.144. The fourth-order valence-corrected chi connectivity index (χ4v) is 9.01. The largest absolute Gasteiger partial charge is 0.455 e. The molecule has 0 aromatic rings. The van der Waals surface area contributed by atoms with Gasteiger partial charge in [-0.05, 0) is 19.8 Å². The van der Waals surface area contributed by atoms with E-state index in [-0.39, 0.29) is 12.8 Å². The van der Waals surface area contributed by atoms with Crippen LogP contribution in [0, 0.1) is 0 Å². The summed E-state index contributed by atoms with van der Waals surface area (Å²) in [6.45, 7) is 0.836. The summed E-state index contributed by atoms with van der Waals surface area (Å²) in [4.78, 5) is 41.7. The molecule has 0 aromatic heterocycles. The normalized spacial score (nSPS) is 15.9. The van der Waals surface area contributed by atoms with E-state index < -0.39 is 105 Å². The minimum Gasteiger partial charge on any atom is -0.455 e. The molecule has 0 saturated heterocycles. The van der Waals surface area contributed by atoms with Crippen LogP contribution in [-0.2, 0) is 28.6 Å². The van der Waals surface area contributed by atoms with Gasteiger partial charge in [0, 0.05) is 25.7 Å². The van der Waals surface area contributed by atoms with E-state index >= 15 is 0 Å². The van der Waals surface area contributed by atoms with Crippen molar-refractivity contribution in [3.63, 3.8) is 0 Å². The van der Waals surface area contributed by atoms with Gasteiger partial charge < -0.3 is 55.1 Å². The number of aliphatic hydroxyl groups excluding tert-OH is 8. The molecular formula is C52H100O14. The van der Waals surface area contributed by atoms with E-state index in [2.05, 4.69) is 13.8 Å². The molecule has 0 heterocycles. The van der Waals surface area contributed by atoms with Crippen LogP contribution in [-0.4, -0.2) is 133 Å². The molecule has 0 rings (SSSR count). The van der Waals surface area contributed by atoms with E-state index in [1.807, 2.05) is 0 Å². The second kappa shape index (κ2) is 42.2. The van der Waals surface area contributed by atoms with Crippen molar-refractivity contribution in [2.45, 2.75) is 281 Å². The molecule has 0 bridgehead atoms. The van der Waals surface area contributed by atoms with Crippen molar-refractivity contribution in [2.75, 3.05) is 33.0 Å². The summed E-state index contributed by atoms with van der Waals surface area (Å²) in [5.41, 5.74) is -5.45. The van der Waals surface area contributed by atoms with E-state index in [1.54, 1.807) is 0 Å². The first-order chi connectivity index (χ1) is 31.8. The first-order valence-electron chi connectivity index (χ1n) is 26.6. The Labute approximate surface area is 400 Å². The van der Waals surface area contributed by atoms with Gasteiger partial charge >= 0.3 is 11.9 Å². The molecule has 7 atom stereocenters. The third-order valence-corrected chi connectivity index (χ3v) is 13.0. The molecule has 0 radical (unpaired) electrons. The number of unbranched alkanes of at least 4 members (excludes halogenated alkanes) is 28. The Bertz CT molecular complexity index is 1160. The van der Waals surface area contributed by atoms with Crippen LogP contribution in [0.3, 0.4) is 0 Å². The summed E-state index contributed by atoms with van der Waals surface area (Å²) in [5, 5.41) is 84.0. The third kappa shape index (κ3) is 28.7. The monoisotopic (exact) mass is 949 g/mol. The Morgan fingerprint density at radius 2 is 0.773 bits per heavy atom. The number of Topliss-reactive ketones (excluding diaryl/α,β-unsaturated/α-hetero) is 1. The predicted molar refractivity (Wildman–Crippen MR) is 259 cm³/mol. The van der Waals surface area contributed by atoms with E-state index in [0.29, 0.717) is 25.7 Å². The standard InChI is InChI=1S/C52H100O14/c1-4-6-8-10-12-14-16-18-20-22-24-26-28-30-32-34-48(62)65-50(47(61)41-56)52(37-45(59)39-54,51(43(3)57,36-44(58)38-53)64-42-46(60)40-55)66-49(63)35-33-31-29-27-25-23-21-19-17-15-13-11-9-7-5-2/h44-47,50,53-56,58-61H,4-42H2,1-3H3/t44?,45?,46?,47-,50-,51+,52+/m1/s1. The lowest BCUT2D eigenvalue weighted by Gasteiger charge is -2.52. The lowest BCUT2D eigenvalue weighted by atomic mass is 9.68. The summed E-state index contributed by atoms with van der Waals surface area (Å²) in [5.74, 6) is -2.81. The number of rotatable bonds is 49. The summed E-state index contributed by atoms with van der Waals surface area (Å²) in [7, 11) is 0. The van der Waals surface area contributed by atoms with Crippen molar-refractivity contribution < 1.29 is 69.4 Å². The van der Waals surface area contributed by atoms with Crippen LogP contribution >= 0.6 is 0 Å². The fraction of sp³-hybridized carbons (Fsp3) is 0.942. The highest BCUT2D eigenvalue weighted by atomic mass is 16.6. The Kier molecular flexibility index (Phi) is 41.0. The SMILES string of the molecule is CCCCCCCCCCCCCCCCCC(=O)O[C@H]([C@H](O)CO)[C@](CC(O)CO)(OC(=O)CCCCCCCCCCCCCCCCC)[C@@](CC(O)CO)(OCC(O)CO)C(C)=O. The van der Waals surface area contributed by atoms with E-state index in [4.69, 9.17) is 14.2 Å². The topological polar surface area (TPSA) is 241 Å². The first-order valence-corrected chi connectivity index (χ1v) is 26.6. The molecule has 14 nitrogen and oxygen atoms in total. The van der Waals surface area contributed by atoms with Gasteiger partial charge in [-0.1, -0.05) is 194 Å². The van der Waals surface area contributed by atoms with Gasteiger partial charge in [-0.25, -0.2) is 0 Å². The number of carbonyl (C=O) groups excluding carboxylic acids is 3. The smallest absolute Gasteiger partial charge is 0.306 e. The van der Waals surface area contributed by atoms with Crippen LogP contribution in [0.15, 0.2) is 0 Å². The molecule has 3 unspecified atom stereocenters. The number of ether oxygens (including phenoxy) is 3. The number of hydrogen-bond acceptors (Lipinski definition) is 14. The van der Waals surface area contributed by atoms with Crippen LogP contribution in [0.2, 0.25) is 0 Å². The molecule has 0 aliphatic rings. The molecule has 0 aliphatic carbocycles. The summed E-state index contributed by atoms with van der Waals surface area (Å²) in [6.07, 6.45) is 21.8. The zero-order valence-electron chi connectivity index (χ0n) is 42.0. The molecule has 0 aromatic carbocycles. The fourth-order valence-electron chi connectivity index (χ4n) is 9.01. The molecule has 392 valence electrons. The Balaban J connectivity index is 6.05. The quantitative estimate of drug-likeness (QED) is 0.0212. The minimum atomic E-state index is -2.76. The van der Waals surface area contributed by atoms with Crippen LogP contribution in [0.1, 0.15) is 239 Å². The van der Waals surface area contributed by atoms with Gasteiger partial charge in [-0.15, -0.1) is 0 Å². The van der Waals surface area contributed by atoms with Gasteiger partial charge in [0.15, 0.2) is 23.1 Å². The number of carbonyl (C=O) groups is 3. The van der Waals surface area contributed by atoms with E-state index in [9.17, 15) is 55.2 Å². The highest BCUT2D eigenvalue weighted by Gasteiger charge is 2.67. The summed E-state index contributed by atoms with van der Waals surface area (Å²) < 4.78 is 18.0. The van der Waals surface area contributed by atoms with Crippen LogP contribution in [0.4, 0.5) is 0 Å². The van der Waals surface area contributed by atoms with Crippen molar-refractivity contribution >= 4 is 17.7 Å². The second-order valence-corrected chi connectivity index (χ2v) is 19.0. The van der Waals surface area contributed by atoms with Gasteiger partial charge in [-0.2, -0.15) is 0 Å². The molecule has 8 N–H and O–H groups in total. The highest BCUT2D eigenvalue weighted by Crippen LogP contribution is 2.45. The molecule has 14 heteroatoms. The number of aliphatic hydroxyl groups is 8. The molecule has 0 saturated carbocycles. The van der Waals surface area contributed by atoms with Crippen LogP contribution in [0.25, 0.3) is 0 Å². The summed E-state index contributed by atoms with van der Waals surface area (Å²) in [6, 6.07) is 0. The van der Waals surface area contributed by atoms with Crippen molar-refractivity contribution in [3.8, 4) is 0 Å². The van der Waals surface area contributed by atoms with Crippen molar-refractivity contribution in [2.24, 2.45) is 0 Å². The Morgan fingerprint density at radius 1 is 0.439 bits per heavy atom. The zero-order chi connectivity index (χ0) is 49.3. The molecule has 0 fully saturated rings. The van der Waals surface area contributed by atoms with Gasteiger partial charge in [0.05, 0.1) is 45.2 Å². The molecule has 0 amide bonds. The average Bonchev–Trinajstić information content (AvgIpc) is 3.30. The van der Waals surface area contributed by atoms with Crippen molar-refractivity contribution in [3.05, 3.63) is 0 Å². The molecule has 66 heavy (non-hydrogen) atoms. The lowest BCUT2D eigenvalue weighted by molar-refractivity contribution is -0.273. The Hall–Kier alpha value is -1.75. The van der Waals surface area contributed by atoms with Gasteiger partial charge in [0.1, 0.15) is 12.2 Å². The maximum atomic E-state index is 14.1.